The number of carbonyl (C=O) groups excluding carboxylic acids is 1. The summed E-state index contributed by atoms with van der Waals surface area (Å²) in [5.74, 6) is -1.80. The Kier molecular flexibility index (Phi) is 4.88. The molecular formula is C19H14F3NO2. The number of carbonyl (C=O) groups is 1. The van der Waals surface area contributed by atoms with Crippen LogP contribution >= 0.6 is 0 Å². The normalized spacial score (nSPS) is 10.7. The minimum absolute atomic E-state index is 0.0298. The summed E-state index contributed by atoms with van der Waals surface area (Å²) < 4.78 is 46.2. The van der Waals surface area contributed by atoms with E-state index in [2.05, 4.69) is 5.32 Å². The molecular weight excluding hydrogens is 331 g/mol. The van der Waals surface area contributed by atoms with Crippen molar-refractivity contribution in [2.45, 2.75) is 12.8 Å². The number of halogens is 3. The van der Waals surface area contributed by atoms with Crippen LogP contribution in [0.1, 0.15) is 12.2 Å². The van der Waals surface area contributed by atoms with Crippen LogP contribution in [-0.4, -0.2) is 5.91 Å². The molecule has 0 spiro atoms. The van der Waals surface area contributed by atoms with Gasteiger partial charge >= 0.3 is 0 Å². The van der Waals surface area contributed by atoms with Crippen molar-refractivity contribution in [3.8, 4) is 11.3 Å². The molecule has 3 rings (SSSR count). The molecule has 0 saturated heterocycles. The molecule has 128 valence electrons. The topological polar surface area (TPSA) is 42.2 Å². The average Bonchev–Trinajstić information content (AvgIpc) is 3.06. The molecule has 2 aromatic carbocycles. The van der Waals surface area contributed by atoms with Crippen LogP contribution in [0.4, 0.5) is 18.9 Å². The van der Waals surface area contributed by atoms with Gasteiger partial charge in [0.05, 0.1) is 5.56 Å². The maximum Gasteiger partial charge on any atom is 0.224 e. The standard InChI is InChI=1S/C19H14F3NO2/c20-14-5-2-1-4-13(14)17-10-8-12(25-17)9-11-18(24)23-19-15(21)6-3-7-16(19)22/h1-8,10H,9,11H2,(H,23,24). The van der Waals surface area contributed by atoms with E-state index in [0.717, 1.165) is 12.1 Å². The van der Waals surface area contributed by atoms with E-state index in [1.165, 1.54) is 12.1 Å². The highest BCUT2D eigenvalue weighted by molar-refractivity contribution is 5.91. The van der Waals surface area contributed by atoms with Crippen LogP contribution < -0.4 is 5.32 Å². The first-order chi connectivity index (χ1) is 12.0. The highest BCUT2D eigenvalue weighted by Gasteiger charge is 2.13. The minimum Gasteiger partial charge on any atom is -0.461 e. The van der Waals surface area contributed by atoms with Gasteiger partial charge in [0, 0.05) is 12.8 Å². The lowest BCUT2D eigenvalue weighted by Crippen LogP contribution is -2.14. The van der Waals surface area contributed by atoms with Gasteiger partial charge in [0.25, 0.3) is 0 Å². The fourth-order valence-corrected chi connectivity index (χ4v) is 2.37. The van der Waals surface area contributed by atoms with Gasteiger partial charge in [-0.3, -0.25) is 4.79 Å². The molecule has 1 N–H and O–H groups in total. The van der Waals surface area contributed by atoms with Crippen molar-refractivity contribution in [3.63, 3.8) is 0 Å². The number of para-hydroxylation sites is 1. The number of hydrogen-bond donors (Lipinski definition) is 1. The summed E-state index contributed by atoms with van der Waals surface area (Å²) in [6.07, 6.45) is 0.189. The molecule has 1 amide bonds. The summed E-state index contributed by atoms with van der Waals surface area (Å²) >= 11 is 0. The Bertz CT molecular complexity index is 885. The van der Waals surface area contributed by atoms with Gasteiger partial charge in [0.1, 0.15) is 34.7 Å². The molecule has 3 aromatic rings. The Hall–Kier alpha value is -3.02. The quantitative estimate of drug-likeness (QED) is 0.712. The number of anilines is 1. The van der Waals surface area contributed by atoms with Gasteiger partial charge in [0.15, 0.2) is 0 Å². The zero-order valence-electron chi connectivity index (χ0n) is 13.1. The summed E-state index contributed by atoms with van der Waals surface area (Å²) in [6.45, 7) is 0. The van der Waals surface area contributed by atoms with Crippen molar-refractivity contribution in [2.24, 2.45) is 0 Å². The third kappa shape index (κ3) is 3.91. The van der Waals surface area contributed by atoms with Crippen LogP contribution in [0.2, 0.25) is 0 Å². The van der Waals surface area contributed by atoms with Gasteiger partial charge in [0.2, 0.25) is 5.91 Å². The molecule has 0 aliphatic rings. The van der Waals surface area contributed by atoms with Crippen LogP contribution in [0.15, 0.2) is 59.0 Å². The highest BCUT2D eigenvalue weighted by Crippen LogP contribution is 2.25. The van der Waals surface area contributed by atoms with E-state index in [4.69, 9.17) is 4.42 Å². The lowest BCUT2D eigenvalue weighted by molar-refractivity contribution is -0.116. The van der Waals surface area contributed by atoms with Gasteiger partial charge in [-0.15, -0.1) is 0 Å². The Morgan fingerprint density at radius 1 is 0.880 bits per heavy atom. The molecule has 0 radical (unpaired) electrons. The molecule has 0 bridgehead atoms. The van der Waals surface area contributed by atoms with E-state index in [0.29, 0.717) is 17.1 Å². The first-order valence-corrected chi connectivity index (χ1v) is 7.62. The van der Waals surface area contributed by atoms with Crippen LogP contribution in [0, 0.1) is 17.5 Å². The van der Waals surface area contributed by atoms with Crippen LogP contribution in [0.3, 0.4) is 0 Å². The maximum atomic E-state index is 13.7. The summed E-state index contributed by atoms with van der Waals surface area (Å²) in [5, 5.41) is 2.21. The van der Waals surface area contributed by atoms with Gasteiger partial charge in [-0.05, 0) is 36.4 Å². The van der Waals surface area contributed by atoms with Crippen LogP contribution in [0.25, 0.3) is 11.3 Å². The molecule has 25 heavy (non-hydrogen) atoms. The number of aryl methyl sites for hydroxylation is 1. The number of benzene rings is 2. The molecule has 0 fully saturated rings. The fraction of sp³-hybridized carbons (Fsp3) is 0.105. The number of hydrogen-bond acceptors (Lipinski definition) is 2. The van der Waals surface area contributed by atoms with Crippen molar-refractivity contribution >= 4 is 11.6 Å². The second-order valence-electron chi connectivity index (χ2n) is 5.39. The number of amides is 1. The SMILES string of the molecule is O=C(CCc1ccc(-c2ccccc2F)o1)Nc1c(F)cccc1F. The average molecular weight is 345 g/mol. The summed E-state index contributed by atoms with van der Waals surface area (Å²) in [5.41, 5.74) is -0.148. The third-order valence-electron chi connectivity index (χ3n) is 3.63. The fourth-order valence-electron chi connectivity index (χ4n) is 2.37. The van der Waals surface area contributed by atoms with E-state index in [-0.39, 0.29) is 12.8 Å². The van der Waals surface area contributed by atoms with E-state index in [1.54, 1.807) is 30.3 Å². The van der Waals surface area contributed by atoms with Gasteiger partial charge < -0.3 is 9.73 Å². The molecule has 1 aromatic heterocycles. The van der Waals surface area contributed by atoms with Gasteiger partial charge in [-0.1, -0.05) is 18.2 Å². The van der Waals surface area contributed by atoms with Gasteiger partial charge in [-0.25, -0.2) is 13.2 Å². The summed E-state index contributed by atoms with van der Waals surface area (Å²) in [7, 11) is 0. The van der Waals surface area contributed by atoms with Crippen LogP contribution in [-0.2, 0) is 11.2 Å². The molecule has 1 heterocycles. The van der Waals surface area contributed by atoms with Crippen molar-refractivity contribution < 1.29 is 22.4 Å². The predicted molar refractivity (Wildman–Crippen MR) is 87.4 cm³/mol. The number of furan rings is 1. The van der Waals surface area contributed by atoms with Gasteiger partial charge in [-0.2, -0.15) is 0 Å². The largest absolute Gasteiger partial charge is 0.461 e. The zero-order chi connectivity index (χ0) is 17.8. The lowest BCUT2D eigenvalue weighted by atomic mass is 10.1. The molecule has 3 nitrogen and oxygen atoms in total. The number of nitrogens with one attached hydrogen (secondary N) is 1. The van der Waals surface area contributed by atoms with E-state index < -0.39 is 29.0 Å². The van der Waals surface area contributed by atoms with E-state index >= 15 is 0 Å². The Balaban J connectivity index is 1.63. The first kappa shape index (κ1) is 16.8. The monoisotopic (exact) mass is 345 g/mol. The third-order valence-corrected chi connectivity index (χ3v) is 3.63. The Morgan fingerprint density at radius 3 is 2.28 bits per heavy atom. The highest BCUT2D eigenvalue weighted by atomic mass is 19.1. The Morgan fingerprint density at radius 2 is 1.56 bits per heavy atom. The molecule has 0 aliphatic carbocycles. The molecule has 6 heteroatoms. The molecule has 0 saturated carbocycles. The van der Waals surface area contributed by atoms with E-state index in [1.807, 2.05) is 0 Å². The van der Waals surface area contributed by atoms with E-state index in [9.17, 15) is 18.0 Å². The number of rotatable bonds is 5. The second kappa shape index (κ2) is 7.25. The van der Waals surface area contributed by atoms with Crippen molar-refractivity contribution in [3.05, 3.63) is 77.8 Å². The smallest absolute Gasteiger partial charge is 0.224 e. The molecule has 0 atom stereocenters. The summed E-state index contributed by atoms with van der Waals surface area (Å²) in [4.78, 5) is 11.9. The maximum absolute atomic E-state index is 13.7. The molecule has 0 aliphatic heterocycles. The zero-order valence-corrected chi connectivity index (χ0v) is 13.1. The second-order valence-corrected chi connectivity index (χ2v) is 5.39. The first-order valence-electron chi connectivity index (χ1n) is 7.62. The van der Waals surface area contributed by atoms with Crippen LogP contribution in [0.5, 0.6) is 0 Å². The summed E-state index contributed by atoms with van der Waals surface area (Å²) in [6, 6.07) is 12.8. The Labute approximate surface area is 142 Å². The predicted octanol–water partition coefficient (Wildman–Crippen LogP) is 4.94. The molecule has 0 unspecified atom stereocenters. The minimum atomic E-state index is -0.840. The lowest BCUT2D eigenvalue weighted by Gasteiger charge is -2.06. The van der Waals surface area contributed by atoms with Crippen molar-refractivity contribution in [1.82, 2.24) is 0 Å². The van der Waals surface area contributed by atoms with Crippen molar-refractivity contribution in [1.29, 1.82) is 0 Å². The van der Waals surface area contributed by atoms with Crippen molar-refractivity contribution in [2.75, 3.05) is 5.32 Å².